The number of nitrogens with zero attached hydrogens (tertiary/aromatic N) is 2. The van der Waals surface area contributed by atoms with Crippen LogP contribution < -0.4 is 9.64 Å². The van der Waals surface area contributed by atoms with Crippen LogP contribution in [0.15, 0.2) is 42.5 Å². The third kappa shape index (κ3) is 4.97. The molecule has 3 rings (SSSR count). The summed E-state index contributed by atoms with van der Waals surface area (Å²) in [6.45, 7) is 2.68. The lowest BCUT2D eigenvalue weighted by atomic mass is 10.1. The van der Waals surface area contributed by atoms with Gasteiger partial charge in [0.15, 0.2) is 5.78 Å². The van der Waals surface area contributed by atoms with Crippen LogP contribution >= 0.6 is 23.2 Å². The van der Waals surface area contributed by atoms with Crippen LogP contribution in [0, 0.1) is 0 Å². The average molecular weight is 421 g/mol. The second kappa shape index (κ2) is 9.30. The first kappa shape index (κ1) is 20.5. The van der Waals surface area contributed by atoms with Gasteiger partial charge in [-0.2, -0.15) is 0 Å². The molecule has 1 aliphatic heterocycles. The molecule has 1 heterocycles. The van der Waals surface area contributed by atoms with Crippen molar-refractivity contribution >= 4 is 40.6 Å². The lowest BCUT2D eigenvalue weighted by Crippen LogP contribution is -2.48. The maximum absolute atomic E-state index is 12.5. The zero-order valence-corrected chi connectivity index (χ0v) is 17.2. The standard InChI is InChI=1S/C21H22Cl2N2O3/c1-28-17-5-2-15(3-6-17)20(26)8-9-21(27)25-12-10-24(11-13-25)16-4-7-18(22)19(23)14-16/h2-7,14H,8-13H2,1H3. The van der Waals surface area contributed by atoms with Crippen molar-refractivity contribution in [3.8, 4) is 5.75 Å². The minimum atomic E-state index is -0.0366. The van der Waals surface area contributed by atoms with E-state index in [-0.39, 0.29) is 24.5 Å². The molecular formula is C21H22Cl2N2O3. The summed E-state index contributed by atoms with van der Waals surface area (Å²) in [5.74, 6) is 0.675. The van der Waals surface area contributed by atoms with Crippen molar-refractivity contribution in [1.82, 2.24) is 4.90 Å². The first-order valence-electron chi connectivity index (χ1n) is 9.13. The molecule has 1 saturated heterocycles. The van der Waals surface area contributed by atoms with Gasteiger partial charge in [-0.15, -0.1) is 0 Å². The molecular weight excluding hydrogens is 399 g/mol. The van der Waals surface area contributed by atoms with Crippen LogP contribution in [0.3, 0.4) is 0 Å². The summed E-state index contributed by atoms with van der Waals surface area (Å²) in [5, 5.41) is 1.05. The largest absolute Gasteiger partial charge is 0.497 e. The Balaban J connectivity index is 1.48. The zero-order valence-electron chi connectivity index (χ0n) is 15.7. The molecule has 0 unspecified atom stereocenters. The van der Waals surface area contributed by atoms with Crippen molar-refractivity contribution in [1.29, 1.82) is 0 Å². The molecule has 1 aliphatic rings. The molecule has 1 fully saturated rings. The van der Waals surface area contributed by atoms with Crippen LogP contribution in [-0.4, -0.2) is 49.9 Å². The molecule has 148 valence electrons. The van der Waals surface area contributed by atoms with Gasteiger partial charge in [-0.3, -0.25) is 9.59 Å². The second-order valence-corrected chi connectivity index (χ2v) is 7.43. The number of benzene rings is 2. The van der Waals surface area contributed by atoms with Crippen LogP contribution in [0.5, 0.6) is 5.75 Å². The quantitative estimate of drug-likeness (QED) is 0.653. The predicted octanol–water partition coefficient (Wildman–Crippen LogP) is 4.31. The highest BCUT2D eigenvalue weighted by molar-refractivity contribution is 6.42. The SMILES string of the molecule is COc1ccc(C(=O)CCC(=O)N2CCN(c3ccc(Cl)c(Cl)c3)CC2)cc1. The van der Waals surface area contributed by atoms with Gasteiger partial charge in [0.05, 0.1) is 17.2 Å². The zero-order chi connectivity index (χ0) is 20.1. The van der Waals surface area contributed by atoms with Gasteiger partial charge in [0.2, 0.25) is 5.91 Å². The first-order chi connectivity index (χ1) is 13.5. The molecule has 2 aromatic carbocycles. The smallest absolute Gasteiger partial charge is 0.223 e. The number of Topliss-reactive ketones (excluding diaryl/α,β-unsaturated/α-hetero) is 1. The minimum Gasteiger partial charge on any atom is -0.497 e. The number of amides is 1. The van der Waals surface area contributed by atoms with Gasteiger partial charge in [-0.1, -0.05) is 23.2 Å². The highest BCUT2D eigenvalue weighted by Gasteiger charge is 2.22. The summed E-state index contributed by atoms with van der Waals surface area (Å²) in [5.41, 5.74) is 1.59. The third-order valence-corrected chi connectivity index (χ3v) is 5.62. The van der Waals surface area contributed by atoms with Crippen molar-refractivity contribution in [3.63, 3.8) is 0 Å². The van der Waals surface area contributed by atoms with Gasteiger partial charge in [0.25, 0.3) is 0 Å². The lowest BCUT2D eigenvalue weighted by Gasteiger charge is -2.36. The van der Waals surface area contributed by atoms with Gasteiger partial charge in [-0.25, -0.2) is 0 Å². The lowest BCUT2D eigenvalue weighted by molar-refractivity contribution is -0.131. The van der Waals surface area contributed by atoms with Gasteiger partial charge in [-0.05, 0) is 42.5 Å². The molecule has 0 atom stereocenters. The van der Waals surface area contributed by atoms with E-state index in [9.17, 15) is 9.59 Å². The van der Waals surface area contributed by atoms with E-state index in [1.807, 2.05) is 17.0 Å². The molecule has 0 radical (unpaired) electrons. The van der Waals surface area contributed by atoms with E-state index in [2.05, 4.69) is 4.90 Å². The van der Waals surface area contributed by atoms with E-state index >= 15 is 0 Å². The first-order valence-corrected chi connectivity index (χ1v) is 9.88. The van der Waals surface area contributed by atoms with Crippen molar-refractivity contribution in [3.05, 3.63) is 58.1 Å². The Hall–Kier alpha value is -2.24. The molecule has 7 heteroatoms. The van der Waals surface area contributed by atoms with E-state index in [4.69, 9.17) is 27.9 Å². The maximum Gasteiger partial charge on any atom is 0.223 e. The average Bonchev–Trinajstić information content (AvgIpc) is 2.74. The summed E-state index contributed by atoms with van der Waals surface area (Å²) < 4.78 is 5.09. The van der Waals surface area contributed by atoms with E-state index in [0.29, 0.717) is 34.4 Å². The molecule has 0 aliphatic carbocycles. The van der Waals surface area contributed by atoms with Gasteiger partial charge in [0, 0.05) is 50.3 Å². The van der Waals surface area contributed by atoms with E-state index in [1.165, 1.54) is 0 Å². The molecule has 5 nitrogen and oxygen atoms in total. The number of hydrogen-bond donors (Lipinski definition) is 0. The summed E-state index contributed by atoms with van der Waals surface area (Å²) in [6, 6.07) is 12.5. The van der Waals surface area contributed by atoms with Crippen LogP contribution in [0.2, 0.25) is 10.0 Å². The highest BCUT2D eigenvalue weighted by atomic mass is 35.5. The number of ether oxygens (including phenoxy) is 1. The molecule has 2 aromatic rings. The van der Waals surface area contributed by atoms with Crippen molar-refractivity contribution < 1.29 is 14.3 Å². The van der Waals surface area contributed by atoms with Crippen molar-refractivity contribution in [2.75, 3.05) is 38.2 Å². The number of piperazine rings is 1. The molecule has 0 aromatic heterocycles. The van der Waals surface area contributed by atoms with E-state index < -0.39 is 0 Å². The van der Waals surface area contributed by atoms with E-state index in [0.717, 1.165) is 18.8 Å². The molecule has 0 N–H and O–H groups in total. The van der Waals surface area contributed by atoms with Crippen molar-refractivity contribution in [2.24, 2.45) is 0 Å². The summed E-state index contributed by atoms with van der Waals surface area (Å²) in [7, 11) is 1.58. The monoisotopic (exact) mass is 420 g/mol. The second-order valence-electron chi connectivity index (χ2n) is 6.62. The molecule has 0 spiro atoms. The molecule has 0 saturated carbocycles. The fourth-order valence-corrected chi connectivity index (χ4v) is 3.49. The van der Waals surface area contributed by atoms with Crippen LogP contribution in [0.1, 0.15) is 23.2 Å². The van der Waals surface area contributed by atoms with Crippen LogP contribution in [-0.2, 0) is 4.79 Å². The van der Waals surface area contributed by atoms with Gasteiger partial charge < -0.3 is 14.5 Å². The summed E-state index contributed by atoms with van der Waals surface area (Å²) in [6.07, 6.45) is 0.426. The van der Waals surface area contributed by atoms with Crippen LogP contribution in [0.25, 0.3) is 0 Å². The Labute approximate surface area is 174 Å². The Morgan fingerprint density at radius 1 is 0.929 bits per heavy atom. The fourth-order valence-electron chi connectivity index (χ4n) is 3.20. The summed E-state index contributed by atoms with van der Waals surface area (Å²) in [4.78, 5) is 28.7. The Morgan fingerprint density at radius 2 is 1.61 bits per heavy atom. The van der Waals surface area contributed by atoms with Crippen LogP contribution in [0.4, 0.5) is 5.69 Å². The number of rotatable bonds is 6. The van der Waals surface area contributed by atoms with Gasteiger partial charge >= 0.3 is 0 Å². The van der Waals surface area contributed by atoms with Gasteiger partial charge in [0.1, 0.15) is 5.75 Å². The Morgan fingerprint density at radius 3 is 2.21 bits per heavy atom. The number of hydrogen-bond acceptors (Lipinski definition) is 4. The number of ketones is 1. The number of anilines is 1. The molecule has 1 amide bonds. The third-order valence-electron chi connectivity index (χ3n) is 4.88. The minimum absolute atomic E-state index is 0.00986. The number of carbonyl (C=O) groups excluding carboxylic acids is 2. The number of methoxy groups -OCH3 is 1. The van der Waals surface area contributed by atoms with E-state index in [1.54, 1.807) is 37.4 Å². The predicted molar refractivity (Wildman–Crippen MR) is 112 cm³/mol. The Kier molecular flexibility index (Phi) is 6.81. The molecule has 0 bridgehead atoms. The Bertz CT molecular complexity index is 847. The topological polar surface area (TPSA) is 49.9 Å². The normalized spacial score (nSPS) is 14.1. The summed E-state index contributed by atoms with van der Waals surface area (Å²) >= 11 is 12.1. The molecule has 28 heavy (non-hydrogen) atoms. The van der Waals surface area contributed by atoms with Crippen molar-refractivity contribution in [2.45, 2.75) is 12.8 Å². The fraction of sp³-hybridized carbons (Fsp3) is 0.333. The number of halogens is 2. The maximum atomic E-state index is 12.5. The number of carbonyl (C=O) groups is 2. The highest BCUT2D eigenvalue weighted by Crippen LogP contribution is 2.27.